The Balaban J connectivity index is 1.81. The van der Waals surface area contributed by atoms with Gasteiger partial charge in [-0.05, 0) is 30.2 Å². The third kappa shape index (κ3) is 3.21. The Morgan fingerprint density at radius 3 is 2.48 bits per heavy atom. The summed E-state index contributed by atoms with van der Waals surface area (Å²) in [5.41, 5.74) is 1.12. The third-order valence-corrected chi connectivity index (χ3v) is 4.22. The van der Waals surface area contributed by atoms with Crippen LogP contribution in [0.1, 0.15) is 12.0 Å². The highest BCUT2D eigenvalue weighted by Gasteiger charge is 2.39. The number of amides is 2. The molecule has 2 aromatic carbocycles. The molecule has 0 radical (unpaired) electrons. The molecule has 0 unspecified atom stereocenters. The van der Waals surface area contributed by atoms with Crippen LogP contribution in [0.2, 0.25) is 0 Å². The Morgan fingerprint density at radius 2 is 1.84 bits per heavy atom. The SMILES string of the molecule is COc1ccccc1C[C@@H]1CC(=O)N(c2ccc([N+](=O)[O-])cc2)C1=O. The number of methoxy groups -OCH3 is 1. The van der Waals surface area contributed by atoms with Crippen molar-refractivity contribution in [3.63, 3.8) is 0 Å². The molecule has 128 valence electrons. The Morgan fingerprint density at radius 1 is 1.16 bits per heavy atom. The predicted molar refractivity (Wildman–Crippen MR) is 90.4 cm³/mol. The molecule has 3 rings (SSSR count). The number of para-hydroxylation sites is 1. The lowest BCUT2D eigenvalue weighted by atomic mass is 9.97. The van der Waals surface area contributed by atoms with Crippen LogP contribution < -0.4 is 9.64 Å². The average molecular weight is 340 g/mol. The van der Waals surface area contributed by atoms with Crippen LogP contribution in [0.4, 0.5) is 11.4 Å². The summed E-state index contributed by atoms with van der Waals surface area (Å²) in [5, 5.41) is 10.7. The number of ether oxygens (including phenoxy) is 1. The molecule has 0 bridgehead atoms. The van der Waals surface area contributed by atoms with Gasteiger partial charge in [-0.3, -0.25) is 24.6 Å². The van der Waals surface area contributed by atoms with Crippen LogP contribution in [0.15, 0.2) is 48.5 Å². The maximum atomic E-state index is 12.7. The van der Waals surface area contributed by atoms with E-state index in [2.05, 4.69) is 0 Å². The zero-order valence-corrected chi connectivity index (χ0v) is 13.5. The molecule has 25 heavy (non-hydrogen) atoms. The molecule has 1 fully saturated rings. The van der Waals surface area contributed by atoms with Gasteiger partial charge in [-0.25, -0.2) is 0 Å². The lowest BCUT2D eigenvalue weighted by molar-refractivity contribution is -0.384. The van der Waals surface area contributed by atoms with Gasteiger partial charge in [0, 0.05) is 18.6 Å². The second-order valence-electron chi connectivity index (χ2n) is 5.76. The summed E-state index contributed by atoms with van der Waals surface area (Å²) in [7, 11) is 1.56. The molecule has 7 heteroatoms. The van der Waals surface area contributed by atoms with E-state index in [0.29, 0.717) is 17.9 Å². The van der Waals surface area contributed by atoms with Crippen molar-refractivity contribution in [3.05, 3.63) is 64.2 Å². The van der Waals surface area contributed by atoms with E-state index in [4.69, 9.17) is 4.74 Å². The van der Waals surface area contributed by atoms with Gasteiger partial charge < -0.3 is 4.74 Å². The molecular weight excluding hydrogens is 324 g/mol. The predicted octanol–water partition coefficient (Wildman–Crippen LogP) is 2.73. The summed E-state index contributed by atoms with van der Waals surface area (Å²) in [6, 6.07) is 12.8. The minimum absolute atomic E-state index is 0.0894. The molecule has 0 N–H and O–H groups in total. The molecule has 2 aromatic rings. The highest BCUT2D eigenvalue weighted by atomic mass is 16.6. The maximum absolute atomic E-state index is 12.7. The monoisotopic (exact) mass is 340 g/mol. The van der Waals surface area contributed by atoms with Crippen molar-refractivity contribution in [1.29, 1.82) is 0 Å². The molecule has 1 atom stereocenters. The summed E-state index contributed by atoms with van der Waals surface area (Å²) in [6.45, 7) is 0. The quantitative estimate of drug-likeness (QED) is 0.474. The number of hydrogen-bond donors (Lipinski definition) is 0. The van der Waals surface area contributed by atoms with E-state index >= 15 is 0 Å². The minimum Gasteiger partial charge on any atom is -0.496 e. The second kappa shape index (κ2) is 6.72. The summed E-state index contributed by atoms with van der Waals surface area (Å²) < 4.78 is 5.29. The van der Waals surface area contributed by atoms with Crippen molar-refractivity contribution in [2.24, 2.45) is 5.92 Å². The number of carbonyl (C=O) groups excluding carboxylic acids is 2. The van der Waals surface area contributed by atoms with Crippen molar-refractivity contribution in [2.75, 3.05) is 12.0 Å². The number of rotatable bonds is 5. The fourth-order valence-corrected chi connectivity index (χ4v) is 2.99. The third-order valence-electron chi connectivity index (χ3n) is 4.22. The second-order valence-corrected chi connectivity index (χ2v) is 5.76. The Labute approximate surface area is 144 Å². The first-order chi connectivity index (χ1) is 12.0. The van der Waals surface area contributed by atoms with E-state index in [1.165, 1.54) is 24.3 Å². The van der Waals surface area contributed by atoms with E-state index in [1.54, 1.807) is 7.11 Å². The van der Waals surface area contributed by atoms with Crippen molar-refractivity contribution in [1.82, 2.24) is 0 Å². The maximum Gasteiger partial charge on any atom is 0.269 e. The summed E-state index contributed by atoms with van der Waals surface area (Å²) in [6.07, 6.45) is 0.506. The minimum atomic E-state index is -0.526. The van der Waals surface area contributed by atoms with Crippen molar-refractivity contribution in [2.45, 2.75) is 12.8 Å². The molecule has 0 aliphatic carbocycles. The van der Waals surface area contributed by atoms with Gasteiger partial charge in [-0.15, -0.1) is 0 Å². The van der Waals surface area contributed by atoms with Crippen LogP contribution in [0, 0.1) is 16.0 Å². The number of hydrogen-bond acceptors (Lipinski definition) is 5. The summed E-state index contributed by atoms with van der Waals surface area (Å²) >= 11 is 0. The highest BCUT2D eigenvalue weighted by molar-refractivity contribution is 6.21. The lowest BCUT2D eigenvalue weighted by Crippen LogP contribution is -2.30. The molecule has 1 heterocycles. The zero-order valence-electron chi connectivity index (χ0n) is 13.5. The van der Waals surface area contributed by atoms with Crippen LogP contribution in [-0.2, 0) is 16.0 Å². The van der Waals surface area contributed by atoms with E-state index in [0.717, 1.165) is 10.5 Å². The number of benzene rings is 2. The van der Waals surface area contributed by atoms with Crippen molar-refractivity contribution < 1.29 is 19.2 Å². The van der Waals surface area contributed by atoms with Gasteiger partial charge in [-0.2, -0.15) is 0 Å². The van der Waals surface area contributed by atoms with Gasteiger partial charge in [0.1, 0.15) is 5.75 Å². The fraction of sp³-hybridized carbons (Fsp3) is 0.222. The first-order valence-corrected chi connectivity index (χ1v) is 7.74. The van der Waals surface area contributed by atoms with Gasteiger partial charge in [0.25, 0.3) is 5.69 Å². The zero-order chi connectivity index (χ0) is 18.0. The van der Waals surface area contributed by atoms with Crippen molar-refractivity contribution in [3.8, 4) is 5.75 Å². The molecular formula is C18H16N2O5. The first kappa shape index (κ1) is 16.6. The summed E-state index contributed by atoms with van der Waals surface area (Å²) in [4.78, 5) is 36.3. The standard InChI is InChI=1S/C18H16N2O5/c1-25-16-5-3-2-4-12(16)10-13-11-17(21)19(18(13)22)14-6-8-15(9-7-14)20(23)24/h2-9,13H,10-11H2,1H3/t13-/m1/s1. The number of carbonyl (C=O) groups is 2. The Kier molecular flexibility index (Phi) is 4.47. The first-order valence-electron chi connectivity index (χ1n) is 7.74. The number of anilines is 1. The Bertz CT molecular complexity index is 832. The number of imide groups is 1. The van der Waals surface area contributed by atoms with Gasteiger partial charge in [-0.1, -0.05) is 18.2 Å². The number of nitrogens with zero attached hydrogens (tertiary/aromatic N) is 2. The molecule has 1 aliphatic rings. The Hall–Kier alpha value is -3.22. The smallest absolute Gasteiger partial charge is 0.269 e. The van der Waals surface area contributed by atoms with E-state index < -0.39 is 10.8 Å². The van der Waals surface area contributed by atoms with E-state index in [9.17, 15) is 19.7 Å². The van der Waals surface area contributed by atoms with E-state index in [1.807, 2.05) is 24.3 Å². The van der Waals surface area contributed by atoms with Gasteiger partial charge in [0.2, 0.25) is 11.8 Å². The van der Waals surface area contributed by atoms with Crippen LogP contribution in [0.25, 0.3) is 0 Å². The topological polar surface area (TPSA) is 89.8 Å². The number of nitro groups is 1. The average Bonchev–Trinajstić information content (AvgIpc) is 2.89. The highest BCUT2D eigenvalue weighted by Crippen LogP contribution is 2.31. The van der Waals surface area contributed by atoms with Gasteiger partial charge in [0.15, 0.2) is 0 Å². The number of nitro benzene ring substituents is 1. The molecule has 0 spiro atoms. The van der Waals surface area contributed by atoms with Crippen LogP contribution >= 0.6 is 0 Å². The van der Waals surface area contributed by atoms with Crippen LogP contribution in [0.3, 0.4) is 0 Å². The normalized spacial score (nSPS) is 17.0. The van der Waals surface area contributed by atoms with Crippen molar-refractivity contribution >= 4 is 23.2 Å². The van der Waals surface area contributed by atoms with Crippen LogP contribution in [0.5, 0.6) is 5.75 Å². The number of non-ortho nitro benzene ring substituents is 1. The summed E-state index contributed by atoms with van der Waals surface area (Å²) in [5.74, 6) is -0.404. The van der Waals surface area contributed by atoms with Gasteiger partial charge >= 0.3 is 0 Å². The molecule has 2 amide bonds. The largest absolute Gasteiger partial charge is 0.496 e. The lowest BCUT2D eigenvalue weighted by Gasteiger charge is -2.15. The van der Waals surface area contributed by atoms with E-state index in [-0.39, 0.29) is 23.9 Å². The molecule has 1 saturated heterocycles. The molecule has 7 nitrogen and oxygen atoms in total. The van der Waals surface area contributed by atoms with Crippen LogP contribution in [-0.4, -0.2) is 23.8 Å². The molecule has 0 saturated carbocycles. The fourth-order valence-electron chi connectivity index (χ4n) is 2.99. The molecule has 0 aromatic heterocycles. The molecule has 1 aliphatic heterocycles. The van der Waals surface area contributed by atoms with Gasteiger partial charge in [0.05, 0.1) is 23.6 Å².